The predicted molar refractivity (Wildman–Crippen MR) is 100 cm³/mol. The van der Waals surface area contributed by atoms with Gasteiger partial charge in [-0.1, -0.05) is 31.5 Å². The number of benzene rings is 1. The van der Waals surface area contributed by atoms with Gasteiger partial charge in [0, 0.05) is 34.6 Å². The minimum atomic E-state index is -0.157. The third kappa shape index (κ3) is 4.58. The van der Waals surface area contributed by atoms with E-state index in [0.29, 0.717) is 17.1 Å². The maximum Gasteiger partial charge on any atom is 0.252 e. The van der Waals surface area contributed by atoms with E-state index in [4.69, 9.17) is 11.6 Å². The lowest BCUT2D eigenvalue weighted by atomic mass is 10.0. The van der Waals surface area contributed by atoms with Crippen LogP contribution in [0.3, 0.4) is 0 Å². The number of carbonyl (C=O) groups excluding carboxylic acids is 2. The molecule has 0 spiro atoms. The van der Waals surface area contributed by atoms with E-state index in [9.17, 15) is 9.59 Å². The van der Waals surface area contributed by atoms with E-state index in [-0.39, 0.29) is 18.2 Å². The normalized spacial score (nSPS) is 10.5. The average molecular weight is 365 g/mol. The van der Waals surface area contributed by atoms with Crippen molar-refractivity contribution in [1.82, 2.24) is 5.32 Å². The average Bonchev–Trinajstić information content (AvgIpc) is 3.10. The second kappa shape index (κ2) is 8.85. The Morgan fingerprint density at radius 1 is 1.17 bits per heavy atom. The summed E-state index contributed by atoms with van der Waals surface area (Å²) in [6, 6.07) is 5.57. The Balaban J connectivity index is 1.95. The minimum Gasteiger partial charge on any atom is -0.351 e. The fourth-order valence-electron chi connectivity index (χ4n) is 2.45. The molecule has 0 atom stereocenters. The Labute approximate surface area is 151 Å². The van der Waals surface area contributed by atoms with Crippen LogP contribution in [0.25, 0.3) is 0 Å². The number of aryl methyl sites for hydroxylation is 1. The molecule has 1 aromatic carbocycles. The molecule has 4 nitrogen and oxygen atoms in total. The number of thiophene rings is 1. The zero-order chi connectivity index (χ0) is 17.5. The lowest BCUT2D eigenvalue weighted by Gasteiger charge is -2.16. The molecule has 0 bridgehead atoms. The summed E-state index contributed by atoms with van der Waals surface area (Å²) < 4.78 is 0. The molecule has 2 N–H and O–H groups in total. The molecule has 2 aromatic rings. The van der Waals surface area contributed by atoms with Crippen LogP contribution in [0.2, 0.25) is 5.02 Å². The summed E-state index contributed by atoms with van der Waals surface area (Å²) in [4.78, 5) is 24.1. The highest BCUT2D eigenvalue weighted by atomic mass is 35.5. The third-order valence-corrected chi connectivity index (χ3v) is 4.80. The summed E-state index contributed by atoms with van der Waals surface area (Å²) in [6.07, 6.45) is 1.78. The van der Waals surface area contributed by atoms with Crippen LogP contribution >= 0.6 is 22.9 Å². The van der Waals surface area contributed by atoms with Crippen LogP contribution in [-0.2, 0) is 17.6 Å². The predicted octanol–water partition coefficient (Wildman–Crippen LogP) is 4.28. The number of anilines is 1. The van der Waals surface area contributed by atoms with Crippen molar-refractivity contribution in [1.29, 1.82) is 0 Å². The molecule has 128 valence electrons. The van der Waals surface area contributed by atoms with Gasteiger partial charge in [0.2, 0.25) is 5.91 Å². The molecule has 0 radical (unpaired) electrons. The Morgan fingerprint density at radius 2 is 1.96 bits per heavy atom. The van der Waals surface area contributed by atoms with Crippen molar-refractivity contribution in [2.45, 2.75) is 33.1 Å². The first-order chi connectivity index (χ1) is 11.6. The van der Waals surface area contributed by atoms with E-state index in [1.807, 2.05) is 31.4 Å². The SMILES string of the molecule is CCc1ccc(Cl)c(CC)c1NC(=O)CCNC(=O)c1ccsc1. The second-order valence-electron chi connectivity index (χ2n) is 5.33. The summed E-state index contributed by atoms with van der Waals surface area (Å²) in [5, 5.41) is 10.00. The lowest BCUT2D eigenvalue weighted by Crippen LogP contribution is -2.27. The smallest absolute Gasteiger partial charge is 0.252 e. The molecule has 0 saturated heterocycles. The number of carbonyl (C=O) groups is 2. The van der Waals surface area contributed by atoms with Gasteiger partial charge >= 0.3 is 0 Å². The molecular weight excluding hydrogens is 344 g/mol. The van der Waals surface area contributed by atoms with Gasteiger partial charge in [-0.05, 0) is 41.5 Å². The van der Waals surface area contributed by atoms with Gasteiger partial charge in [-0.15, -0.1) is 0 Å². The van der Waals surface area contributed by atoms with Gasteiger partial charge in [0.15, 0.2) is 0 Å². The van der Waals surface area contributed by atoms with E-state index in [2.05, 4.69) is 10.6 Å². The van der Waals surface area contributed by atoms with Crippen molar-refractivity contribution >= 4 is 40.4 Å². The van der Waals surface area contributed by atoms with Crippen molar-refractivity contribution in [2.24, 2.45) is 0 Å². The van der Waals surface area contributed by atoms with Crippen LogP contribution in [0.4, 0.5) is 5.69 Å². The van der Waals surface area contributed by atoms with Crippen molar-refractivity contribution in [2.75, 3.05) is 11.9 Å². The van der Waals surface area contributed by atoms with E-state index in [1.165, 1.54) is 11.3 Å². The largest absolute Gasteiger partial charge is 0.351 e. The minimum absolute atomic E-state index is 0.132. The molecule has 0 saturated carbocycles. The fraction of sp³-hybridized carbons (Fsp3) is 0.333. The van der Waals surface area contributed by atoms with E-state index < -0.39 is 0 Å². The van der Waals surface area contributed by atoms with Crippen LogP contribution in [0.5, 0.6) is 0 Å². The molecule has 2 rings (SSSR count). The van der Waals surface area contributed by atoms with E-state index in [1.54, 1.807) is 11.4 Å². The Morgan fingerprint density at radius 3 is 2.58 bits per heavy atom. The molecular formula is C18H21ClN2O2S. The number of halogens is 1. The molecule has 1 heterocycles. The monoisotopic (exact) mass is 364 g/mol. The molecule has 24 heavy (non-hydrogen) atoms. The van der Waals surface area contributed by atoms with Gasteiger partial charge in [0.25, 0.3) is 5.91 Å². The first-order valence-electron chi connectivity index (χ1n) is 7.97. The van der Waals surface area contributed by atoms with Gasteiger partial charge in [0.1, 0.15) is 0 Å². The van der Waals surface area contributed by atoms with Crippen LogP contribution in [0.15, 0.2) is 29.0 Å². The number of amides is 2. The first-order valence-corrected chi connectivity index (χ1v) is 9.29. The molecule has 0 unspecified atom stereocenters. The molecule has 2 amide bonds. The lowest BCUT2D eigenvalue weighted by molar-refractivity contribution is -0.116. The maximum atomic E-state index is 12.2. The first kappa shape index (κ1) is 18.5. The van der Waals surface area contributed by atoms with Gasteiger partial charge in [-0.25, -0.2) is 0 Å². The highest BCUT2D eigenvalue weighted by Crippen LogP contribution is 2.29. The number of hydrogen-bond acceptors (Lipinski definition) is 3. The fourth-order valence-corrected chi connectivity index (χ4v) is 3.38. The van der Waals surface area contributed by atoms with Crippen LogP contribution < -0.4 is 10.6 Å². The van der Waals surface area contributed by atoms with Gasteiger partial charge in [-0.3, -0.25) is 9.59 Å². The molecule has 0 fully saturated rings. The summed E-state index contributed by atoms with van der Waals surface area (Å²) in [6.45, 7) is 4.35. The summed E-state index contributed by atoms with van der Waals surface area (Å²) in [7, 11) is 0. The molecule has 0 aliphatic carbocycles. The molecule has 1 aromatic heterocycles. The number of hydrogen-bond donors (Lipinski definition) is 2. The highest BCUT2D eigenvalue weighted by Gasteiger charge is 2.13. The van der Waals surface area contributed by atoms with Gasteiger partial charge in [-0.2, -0.15) is 11.3 Å². The third-order valence-electron chi connectivity index (χ3n) is 3.76. The topological polar surface area (TPSA) is 58.2 Å². The van der Waals surface area contributed by atoms with E-state index >= 15 is 0 Å². The summed E-state index contributed by atoms with van der Waals surface area (Å²) in [5.41, 5.74) is 3.44. The standard InChI is InChI=1S/C18H21ClN2O2S/c1-3-12-5-6-15(19)14(4-2)17(12)21-16(22)7-9-20-18(23)13-8-10-24-11-13/h5-6,8,10-11H,3-4,7,9H2,1-2H3,(H,20,23)(H,21,22). The zero-order valence-electron chi connectivity index (χ0n) is 13.8. The van der Waals surface area contributed by atoms with Crippen molar-refractivity contribution < 1.29 is 9.59 Å². The highest BCUT2D eigenvalue weighted by molar-refractivity contribution is 7.08. The van der Waals surface area contributed by atoms with Crippen LogP contribution in [0.1, 0.15) is 41.8 Å². The van der Waals surface area contributed by atoms with Crippen molar-refractivity contribution in [3.63, 3.8) is 0 Å². The van der Waals surface area contributed by atoms with Gasteiger partial charge in [0.05, 0.1) is 0 Å². The quantitative estimate of drug-likeness (QED) is 0.770. The Kier molecular flexibility index (Phi) is 6.82. The summed E-state index contributed by atoms with van der Waals surface area (Å²) in [5.74, 6) is -0.289. The molecule has 0 aliphatic rings. The zero-order valence-corrected chi connectivity index (χ0v) is 15.4. The van der Waals surface area contributed by atoms with Crippen LogP contribution in [0, 0.1) is 0 Å². The number of rotatable bonds is 7. The maximum absolute atomic E-state index is 12.2. The van der Waals surface area contributed by atoms with E-state index in [0.717, 1.165) is 29.7 Å². The van der Waals surface area contributed by atoms with Crippen molar-refractivity contribution in [3.8, 4) is 0 Å². The Hall–Kier alpha value is -1.85. The van der Waals surface area contributed by atoms with Crippen molar-refractivity contribution in [3.05, 3.63) is 50.7 Å². The summed E-state index contributed by atoms with van der Waals surface area (Å²) >= 11 is 7.70. The molecule has 0 aliphatic heterocycles. The van der Waals surface area contributed by atoms with Crippen LogP contribution in [-0.4, -0.2) is 18.4 Å². The second-order valence-corrected chi connectivity index (χ2v) is 6.52. The Bertz CT molecular complexity index is 714. The molecule has 6 heteroatoms. The van der Waals surface area contributed by atoms with Gasteiger partial charge < -0.3 is 10.6 Å². The number of nitrogens with one attached hydrogen (secondary N) is 2.